The van der Waals surface area contributed by atoms with E-state index in [4.69, 9.17) is 5.11 Å². The molecule has 0 unspecified atom stereocenters. The van der Waals surface area contributed by atoms with Gasteiger partial charge in [-0.3, -0.25) is 0 Å². The number of carboxylic acid groups (broad SMARTS) is 1. The van der Waals surface area contributed by atoms with Crippen molar-refractivity contribution in [1.82, 2.24) is 0 Å². The molecule has 3 nitrogen and oxygen atoms in total. The van der Waals surface area contributed by atoms with E-state index >= 15 is 0 Å². The molecule has 0 aromatic rings. The van der Waals surface area contributed by atoms with Gasteiger partial charge in [0.15, 0.2) is 6.54 Å². The Morgan fingerprint density at radius 1 is 0.654 bits per heavy atom. The molecule has 26 heavy (non-hydrogen) atoms. The van der Waals surface area contributed by atoms with Crippen LogP contribution >= 0.6 is 0 Å². The second-order valence-corrected chi connectivity index (χ2v) is 8.51. The molecular weight excluding hydrogens is 346 g/mol. The van der Waals surface area contributed by atoms with Crippen molar-refractivity contribution in [3.05, 3.63) is 0 Å². The molecule has 4 heteroatoms. The van der Waals surface area contributed by atoms with Crippen molar-refractivity contribution < 1.29 is 26.8 Å². The average molecular weight is 392 g/mol. The van der Waals surface area contributed by atoms with Crippen molar-refractivity contribution in [2.45, 2.75) is 110 Å². The number of hydrogen-bond acceptors (Lipinski definition) is 1. The quantitative estimate of drug-likeness (QED) is 0.270. The second kappa shape index (κ2) is 19.5. The van der Waals surface area contributed by atoms with Crippen molar-refractivity contribution in [2.24, 2.45) is 0 Å². The summed E-state index contributed by atoms with van der Waals surface area (Å²) in [6, 6.07) is 0. The van der Waals surface area contributed by atoms with E-state index in [1.54, 1.807) is 0 Å². The fraction of sp³-hybridized carbons (Fsp3) is 0.955. The van der Waals surface area contributed by atoms with Gasteiger partial charge < -0.3 is 22.0 Å². The van der Waals surface area contributed by atoms with E-state index in [1.165, 1.54) is 96.3 Å². The Hall–Kier alpha value is -0.280. The Labute approximate surface area is 169 Å². The van der Waals surface area contributed by atoms with Crippen LogP contribution in [0.1, 0.15) is 110 Å². The van der Waals surface area contributed by atoms with Gasteiger partial charge in [0.05, 0.1) is 20.6 Å². The summed E-state index contributed by atoms with van der Waals surface area (Å²) in [6.45, 7) is 3.49. The number of likely N-dealkylation sites (N-methyl/N-ethyl adjacent to an activating group) is 1. The first kappa shape index (κ1) is 27.9. The van der Waals surface area contributed by atoms with Crippen LogP contribution in [0.5, 0.6) is 0 Å². The van der Waals surface area contributed by atoms with Gasteiger partial charge >= 0.3 is 5.97 Å². The van der Waals surface area contributed by atoms with E-state index in [1.807, 2.05) is 14.1 Å². The third-order valence-electron chi connectivity index (χ3n) is 5.18. The molecule has 158 valence electrons. The number of halogens is 1. The van der Waals surface area contributed by atoms with Crippen molar-refractivity contribution in [3.63, 3.8) is 0 Å². The van der Waals surface area contributed by atoms with Crippen LogP contribution in [-0.4, -0.2) is 42.7 Å². The largest absolute Gasteiger partial charge is 1.00 e. The van der Waals surface area contributed by atoms with Crippen LogP contribution in [-0.2, 0) is 4.79 Å². The second-order valence-electron chi connectivity index (χ2n) is 8.51. The van der Waals surface area contributed by atoms with Crippen LogP contribution in [0.4, 0.5) is 0 Å². The predicted octanol–water partition coefficient (Wildman–Crippen LogP) is 3.41. The molecule has 0 aliphatic carbocycles. The Balaban J connectivity index is 0. The number of carbonyl (C=O) groups is 1. The lowest BCUT2D eigenvalue weighted by atomic mass is 10.0. The molecule has 0 bridgehead atoms. The van der Waals surface area contributed by atoms with Gasteiger partial charge in [-0.2, -0.15) is 0 Å². The van der Waals surface area contributed by atoms with E-state index in [2.05, 4.69) is 6.92 Å². The normalized spacial score (nSPS) is 11.3. The monoisotopic (exact) mass is 391 g/mol. The van der Waals surface area contributed by atoms with Gasteiger partial charge in [0.25, 0.3) is 0 Å². The first-order valence-electron chi connectivity index (χ1n) is 11.0. The van der Waals surface area contributed by atoms with Crippen molar-refractivity contribution >= 4 is 5.97 Å². The minimum absolute atomic E-state index is 0. The highest BCUT2D eigenvalue weighted by Gasteiger charge is 2.18. The van der Waals surface area contributed by atoms with E-state index in [0.717, 1.165) is 13.0 Å². The van der Waals surface area contributed by atoms with E-state index in [-0.39, 0.29) is 19.0 Å². The fourth-order valence-electron chi connectivity index (χ4n) is 3.53. The smallest absolute Gasteiger partial charge is 0.359 e. The topological polar surface area (TPSA) is 37.3 Å². The molecule has 1 N–H and O–H groups in total. The molecule has 0 aromatic heterocycles. The summed E-state index contributed by atoms with van der Waals surface area (Å²) in [4.78, 5) is 10.8. The zero-order valence-corrected chi connectivity index (χ0v) is 18.7. The number of hydrogen-bond donors (Lipinski definition) is 1. The van der Waals surface area contributed by atoms with Gasteiger partial charge in [0.1, 0.15) is 0 Å². The Morgan fingerprint density at radius 2 is 0.962 bits per heavy atom. The minimum Gasteiger partial charge on any atom is -1.00 e. The lowest BCUT2D eigenvalue weighted by Gasteiger charge is -2.27. The molecule has 0 aliphatic rings. The van der Waals surface area contributed by atoms with Crippen LogP contribution in [0.25, 0.3) is 0 Å². The maximum Gasteiger partial charge on any atom is 0.359 e. The maximum absolute atomic E-state index is 10.8. The molecule has 0 atom stereocenters. The summed E-state index contributed by atoms with van der Waals surface area (Å²) in [7, 11) is 4.03. The van der Waals surface area contributed by atoms with Gasteiger partial charge in [0.2, 0.25) is 0 Å². The number of unbranched alkanes of at least 4 members (excludes halogenated alkanes) is 15. The van der Waals surface area contributed by atoms with E-state index < -0.39 is 5.97 Å². The number of aliphatic carboxylic acids is 1. The highest BCUT2D eigenvalue weighted by Crippen LogP contribution is 2.14. The Kier molecular flexibility index (Phi) is 20.9. The van der Waals surface area contributed by atoms with Crippen molar-refractivity contribution in [2.75, 3.05) is 27.2 Å². The molecule has 0 aliphatic heterocycles. The lowest BCUT2D eigenvalue weighted by Crippen LogP contribution is -3.00. The van der Waals surface area contributed by atoms with Crippen molar-refractivity contribution in [3.8, 4) is 0 Å². The molecule has 0 heterocycles. The molecule has 0 amide bonds. The van der Waals surface area contributed by atoms with Gasteiger partial charge in [-0.25, -0.2) is 4.79 Å². The standard InChI is InChI=1S/C22H45NO2.ClH/c1-4-5-6-7-8-9-10-11-12-13-14-15-16-17-18-19-20-23(2,3)21-22(24)25;/h4-21H2,1-3H3;1H. The van der Waals surface area contributed by atoms with Gasteiger partial charge in [-0.15, -0.1) is 0 Å². The van der Waals surface area contributed by atoms with Crippen LogP contribution in [0.15, 0.2) is 0 Å². The molecule has 0 saturated carbocycles. The zero-order valence-electron chi connectivity index (χ0n) is 17.9. The highest BCUT2D eigenvalue weighted by molar-refractivity contribution is 5.67. The van der Waals surface area contributed by atoms with E-state index in [9.17, 15) is 4.79 Å². The van der Waals surface area contributed by atoms with Crippen LogP contribution in [0.3, 0.4) is 0 Å². The molecular formula is C22H46ClNO2. The molecule has 0 aromatic carbocycles. The van der Waals surface area contributed by atoms with Crippen LogP contribution in [0, 0.1) is 0 Å². The molecule has 0 rings (SSSR count). The maximum atomic E-state index is 10.8. The van der Waals surface area contributed by atoms with Gasteiger partial charge in [-0.05, 0) is 12.8 Å². The number of rotatable bonds is 19. The van der Waals surface area contributed by atoms with Crippen molar-refractivity contribution in [1.29, 1.82) is 0 Å². The Morgan fingerprint density at radius 3 is 1.27 bits per heavy atom. The summed E-state index contributed by atoms with van der Waals surface area (Å²) >= 11 is 0. The fourth-order valence-corrected chi connectivity index (χ4v) is 3.53. The first-order chi connectivity index (χ1) is 12.0. The van der Waals surface area contributed by atoms with Gasteiger partial charge in [0, 0.05) is 0 Å². The SMILES string of the molecule is CCCCCCCCCCCCCCCCCC[N+](C)(C)CC(=O)O.[Cl-]. The average Bonchev–Trinajstić information content (AvgIpc) is 2.53. The summed E-state index contributed by atoms with van der Waals surface area (Å²) < 4.78 is 0.605. The summed E-state index contributed by atoms with van der Waals surface area (Å²) in [5.41, 5.74) is 0. The predicted molar refractivity (Wildman–Crippen MR) is 109 cm³/mol. The van der Waals surface area contributed by atoms with Crippen LogP contribution in [0.2, 0.25) is 0 Å². The first-order valence-corrected chi connectivity index (χ1v) is 11.0. The minimum atomic E-state index is -0.693. The molecule has 0 radical (unpaired) electrons. The Bertz CT molecular complexity index is 309. The lowest BCUT2D eigenvalue weighted by molar-refractivity contribution is -0.883. The van der Waals surface area contributed by atoms with Crippen LogP contribution < -0.4 is 12.4 Å². The van der Waals surface area contributed by atoms with Gasteiger partial charge in [-0.1, -0.05) is 96.8 Å². The number of quaternary nitrogens is 1. The third kappa shape index (κ3) is 21.8. The number of nitrogens with zero attached hydrogens (tertiary/aromatic N) is 1. The zero-order chi connectivity index (χ0) is 18.8. The highest BCUT2D eigenvalue weighted by atomic mass is 35.5. The number of carboxylic acids is 1. The summed E-state index contributed by atoms with van der Waals surface area (Å²) in [5.74, 6) is -0.693. The summed E-state index contributed by atoms with van der Waals surface area (Å²) in [6.07, 6.45) is 22.1. The van der Waals surface area contributed by atoms with E-state index in [0.29, 0.717) is 4.48 Å². The molecule has 0 spiro atoms. The molecule has 0 saturated heterocycles. The molecule has 0 fully saturated rings. The summed E-state index contributed by atoms with van der Waals surface area (Å²) in [5, 5.41) is 8.87. The third-order valence-corrected chi connectivity index (χ3v) is 5.18.